The van der Waals surface area contributed by atoms with Crippen LogP contribution in [0.15, 0.2) is 54.7 Å². The van der Waals surface area contributed by atoms with Crippen LogP contribution in [0.2, 0.25) is 0 Å². The topological polar surface area (TPSA) is 66.9 Å². The number of carbonyl (C=O) groups is 1. The van der Waals surface area contributed by atoms with E-state index in [0.29, 0.717) is 11.6 Å². The second-order valence-corrected chi connectivity index (χ2v) is 6.25. The first kappa shape index (κ1) is 18.4. The van der Waals surface area contributed by atoms with Crippen molar-refractivity contribution >= 4 is 23.2 Å². The van der Waals surface area contributed by atoms with Crippen LogP contribution < -0.4 is 10.6 Å². The number of benzene rings is 2. The molecule has 7 heteroatoms. The normalized spacial score (nSPS) is 10.7. The number of aromatic nitrogens is 2. The van der Waals surface area contributed by atoms with Gasteiger partial charge >= 0.3 is 0 Å². The molecule has 138 valence electrons. The van der Waals surface area contributed by atoms with Crippen molar-refractivity contribution in [2.24, 2.45) is 0 Å². The van der Waals surface area contributed by atoms with Crippen LogP contribution in [0, 0.1) is 11.6 Å². The van der Waals surface area contributed by atoms with Crippen molar-refractivity contribution in [2.75, 3.05) is 10.6 Å². The fourth-order valence-electron chi connectivity index (χ4n) is 2.39. The summed E-state index contributed by atoms with van der Waals surface area (Å²) < 4.78 is 26.3. The summed E-state index contributed by atoms with van der Waals surface area (Å²) in [6, 6.07) is 12.4. The third kappa shape index (κ3) is 4.63. The summed E-state index contributed by atoms with van der Waals surface area (Å²) >= 11 is 0. The molecule has 5 nitrogen and oxygen atoms in total. The molecule has 0 saturated heterocycles. The average molecular weight is 368 g/mol. The van der Waals surface area contributed by atoms with E-state index in [1.807, 2.05) is 24.3 Å². The number of halogens is 2. The Morgan fingerprint density at radius 1 is 0.963 bits per heavy atom. The molecule has 1 amide bonds. The molecule has 2 aromatic carbocycles. The van der Waals surface area contributed by atoms with Gasteiger partial charge in [-0.25, -0.2) is 18.7 Å². The summed E-state index contributed by atoms with van der Waals surface area (Å²) in [5.74, 6) is -1.83. The molecule has 0 fully saturated rings. The van der Waals surface area contributed by atoms with E-state index in [4.69, 9.17) is 0 Å². The van der Waals surface area contributed by atoms with Crippen molar-refractivity contribution in [3.63, 3.8) is 0 Å². The first-order chi connectivity index (χ1) is 12.9. The second-order valence-electron chi connectivity index (χ2n) is 6.25. The molecule has 0 bridgehead atoms. The van der Waals surface area contributed by atoms with Gasteiger partial charge in [0, 0.05) is 23.6 Å². The van der Waals surface area contributed by atoms with Gasteiger partial charge < -0.3 is 10.6 Å². The van der Waals surface area contributed by atoms with E-state index >= 15 is 0 Å². The maximum atomic E-state index is 13.3. The molecule has 0 spiro atoms. The largest absolute Gasteiger partial charge is 0.324 e. The van der Waals surface area contributed by atoms with Crippen LogP contribution in [0.25, 0.3) is 0 Å². The van der Waals surface area contributed by atoms with Gasteiger partial charge in [-0.3, -0.25) is 4.79 Å². The van der Waals surface area contributed by atoms with Gasteiger partial charge in [0.25, 0.3) is 5.91 Å². The van der Waals surface area contributed by atoms with Crippen LogP contribution >= 0.6 is 0 Å². The highest BCUT2D eigenvalue weighted by atomic mass is 19.2. The van der Waals surface area contributed by atoms with E-state index in [1.54, 1.807) is 0 Å². The van der Waals surface area contributed by atoms with Gasteiger partial charge in [-0.2, -0.15) is 0 Å². The number of nitrogens with zero attached hydrogens (tertiary/aromatic N) is 2. The molecule has 0 unspecified atom stereocenters. The first-order valence-corrected chi connectivity index (χ1v) is 8.39. The van der Waals surface area contributed by atoms with Crippen LogP contribution in [0.5, 0.6) is 0 Å². The molecule has 0 aliphatic heterocycles. The van der Waals surface area contributed by atoms with Crippen LogP contribution in [-0.2, 0) is 0 Å². The van der Waals surface area contributed by atoms with Gasteiger partial charge in [-0.05, 0) is 41.8 Å². The Bertz CT molecular complexity index is 958. The maximum absolute atomic E-state index is 13.3. The van der Waals surface area contributed by atoms with Gasteiger partial charge in [-0.1, -0.05) is 26.0 Å². The second kappa shape index (κ2) is 7.90. The summed E-state index contributed by atoms with van der Waals surface area (Å²) in [6.07, 6.45) is 1.41. The SMILES string of the molecule is CC(C)c1ccc(NC(=O)c2ccnc(Nc3ccc(F)c(F)c3)n2)cc1. The predicted octanol–water partition coefficient (Wildman–Crippen LogP) is 4.87. The number of rotatable bonds is 5. The quantitative estimate of drug-likeness (QED) is 0.674. The Morgan fingerprint density at radius 3 is 2.33 bits per heavy atom. The van der Waals surface area contributed by atoms with E-state index in [-0.39, 0.29) is 17.3 Å². The summed E-state index contributed by atoms with van der Waals surface area (Å²) in [6.45, 7) is 4.19. The Kier molecular flexibility index (Phi) is 5.40. The van der Waals surface area contributed by atoms with Crippen molar-refractivity contribution in [1.29, 1.82) is 0 Å². The standard InChI is InChI=1S/C20H18F2N4O/c1-12(2)13-3-5-14(6-4-13)24-19(27)18-9-10-23-20(26-18)25-15-7-8-16(21)17(22)11-15/h3-12H,1-2H3,(H,24,27)(H,23,25,26). The summed E-state index contributed by atoms with van der Waals surface area (Å²) in [4.78, 5) is 20.5. The van der Waals surface area contributed by atoms with Gasteiger partial charge in [0.2, 0.25) is 5.95 Å². The summed E-state index contributed by atoms with van der Waals surface area (Å²) in [7, 11) is 0. The van der Waals surface area contributed by atoms with E-state index in [2.05, 4.69) is 34.4 Å². The zero-order chi connectivity index (χ0) is 19.4. The molecule has 3 aromatic rings. The Hall–Kier alpha value is -3.35. The molecule has 3 rings (SSSR count). The van der Waals surface area contributed by atoms with Crippen molar-refractivity contribution in [1.82, 2.24) is 9.97 Å². The number of amides is 1. The highest BCUT2D eigenvalue weighted by molar-refractivity contribution is 6.03. The molecule has 2 N–H and O–H groups in total. The molecule has 0 radical (unpaired) electrons. The molecule has 0 saturated carbocycles. The zero-order valence-corrected chi connectivity index (χ0v) is 14.8. The Labute approximate surface area is 155 Å². The van der Waals surface area contributed by atoms with Gasteiger partial charge in [-0.15, -0.1) is 0 Å². The van der Waals surface area contributed by atoms with Crippen LogP contribution in [0.3, 0.4) is 0 Å². The molecule has 0 atom stereocenters. The predicted molar refractivity (Wildman–Crippen MR) is 100 cm³/mol. The molecule has 1 aromatic heterocycles. The van der Waals surface area contributed by atoms with E-state index in [1.165, 1.54) is 23.9 Å². The fraction of sp³-hybridized carbons (Fsp3) is 0.150. The first-order valence-electron chi connectivity index (χ1n) is 8.39. The van der Waals surface area contributed by atoms with Crippen molar-refractivity contribution in [2.45, 2.75) is 19.8 Å². The lowest BCUT2D eigenvalue weighted by atomic mass is 10.0. The number of anilines is 3. The molecule has 27 heavy (non-hydrogen) atoms. The summed E-state index contributed by atoms with van der Waals surface area (Å²) in [5, 5.41) is 5.51. The minimum atomic E-state index is -0.987. The lowest BCUT2D eigenvalue weighted by Gasteiger charge is -2.09. The Balaban J connectivity index is 1.72. The summed E-state index contributed by atoms with van der Waals surface area (Å²) in [5.41, 5.74) is 2.24. The Morgan fingerprint density at radius 2 is 1.67 bits per heavy atom. The minimum Gasteiger partial charge on any atom is -0.324 e. The third-order valence-corrected chi connectivity index (χ3v) is 3.90. The molecule has 1 heterocycles. The fourth-order valence-corrected chi connectivity index (χ4v) is 2.39. The molecule has 0 aliphatic carbocycles. The third-order valence-electron chi connectivity index (χ3n) is 3.90. The molecule has 0 aliphatic rings. The average Bonchev–Trinajstić information content (AvgIpc) is 2.65. The van der Waals surface area contributed by atoms with Crippen molar-refractivity contribution in [3.05, 3.63) is 77.6 Å². The number of hydrogen-bond acceptors (Lipinski definition) is 4. The van der Waals surface area contributed by atoms with Crippen molar-refractivity contribution in [3.8, 4) is 0 Å². The van der Waals surface area contributed by atoms with Crippen LogP contribution in [0.4, 0.5) is 26.1 Å². The lowest BCUT2D eigenvalue weighted by molar-refractivity contribution is 0.102. The highest BCUT2D eigenvalue weighted by Crippen LogP contribution is 2.19. The zero-order valence-electron chi connectivity index (χ0n) is 14.8. The molecular formula is C20H18F2N4O. The minimum absolute atomic E-state index is 0.101. The van der Waals surface area contributed by atoms with Crippen LogP contribution in [-0.4, -0.2) is 15.9 Å². The van der Waals surface area contributed by atoms with Gasteiger partial charge in [0.1, 0.15) is 5.69 Å². The smallest absolute Gasteiger partial charge is 0.274 e. The monoisotopic (exact) mass is 368 g/mol. The number of hydrogen-bond donors (Lipinski definition) is 2. The van der Waals surface area contributed by atoms with Crippen molar-refractivity contribution < 1.29 is 13.6 Å². The van der Waals surface area contributed by atoms with E-state index < -0.39 is 17.5 Å². The lowest BCUT2D eigenvalue weighted by Crippen LogP contribution is -2.14. The van der Waals surface area contributed by atoms with E-state index in [0.717, 1.165) is 12.1 Å². The van der Waals surface area contributed by atoms with Crippen LogP contribution in [0.1, 0.15) is 35.8 Å². The number of nitrogens with one attached hydrogen (secondary N) is 2. The van der Waals surface area contributed by atoms with Gasteiger partial charge in [0.15, 0.2) is 11.6 Å². The molecular weight excluding hydrogens is 350 g/mol. The highest BCUT2D eigenvalue weighted by Gasteiger charge is 2.11. The van der Waals surface area contributed by atoms with Gasteiger partial charge in [0.05, 0.1) is 0 Å². The maximum Gasteiger partial charge on any atom is 0.274 e. The number of carbonyl (C=O) groups excluding carboxylic acids is 1. The van der Waals surface area contributed by atoms with E-state index in [9.17, 15) is 13.6 Å².